The highest BCUT2D eigenvalue weighted by Gasteiger charge is 2.40. The second-order valence-electron chi connectivity index (χ2n) is 35.4. The molecule has 0 spiro atoms. The Labute approximate surface area is 784 Å². The van der Waals surface area contributed by atoms with Crippen LogP contribution in [0.5, 0.6) is 46.0 Å². The number of halogens is 3. The van der Waals surface area contributed by atoms with Crippen molar-refractivity contribution in [2.24, 2.45) is 21.7 Å². The first-order valence-corrected chi connectivity index (χ1v) is 46.8. The van der Waals surface area contributed by atoms with Crippen molar-refractivity contribution < 1.29 is 118 Å². The van der Waals surface area contributed by atoms with Crippen molar-refractivity contribution >= 4 is 48.0 Å². The maximum Gasteiger partial charge on any atom is 0.419 e. The number of alkyl halides is 3. The van der Waals surface area contributed by atoms with Crippen molar-refractivity contribution in [2.75, 3.05) is 106 Å². The third-order valence-electron chi connectivity index (χ3n) is 24.5. The second-order valence-corrected chi connectivity index (χ2v) is 35.4. The molecule has 0 atom stereocenters. The number of nitriles is 1. The molecule has 12 rings (SSSR count). The summed E-state index contributed by atoms with van der Waals surface area (Å²) in [6.45, 7) is 21.6. The molecule has 0 unspecified atom stereocenters. The fraction of sp³-hybridized carbons (Fsp3) is 0.454. The summed E-state index contributed by atoms with van der Waals surface area (Å²) in [4.78, 5) is 79.7. The Morgan fingerprint density at radius 1 is 0.396 bits per heavy atom. The lowest BCUT2D eigenvalue weighted by Gasteiger charge is -2.41. The Hall–Kier alpha value is -11.7. The third kappa shape index (κ3) is 33.1. The first kappa shape index (κ1) is 103. The topological polar surface area (TPSA) is 274 Å². The van der Waals surface area contributed by atoms with E-state index in [1.165, 1.54) is 74.6 Å². The number of rotatable bonds is 55. The van der Waals surface area contributed by atoms with Crippen LogP contribution in [0.25, 0.3) is 12.2 Å². The number of esters is 6. The number of carbonyl (C=O) groups excluding carboxylic acids is 6. The minimum atomic E-state index is -4.85. The minimum absolute atomic E-state index is 0.0153. The van der Waals surface area contributed by atoms with E-state index in [4.69, 9.17) is 81.1 Å². The predicted octanol–water partition coefficient (Wildman–Crippen LogP) is 22.8. The zero-order valence-electron chi connectivity index (χ0n) is 77.7. The SMILES string of the molecule is CCC1(CCCCCCCCOc2ccc(C(=O)Oc3ccc(OC(=O)c4ccc(OCCCCCCCCC5(C)COC5)c(C(F)(F)F)c4)c(C(=O)OCc4ccc(C#N)cc4)c3)cc2C)COC1.CCC1(COCCCCOc2ccc(/C=C/C(=O)Oc3ccc(OC(=O)/C=C/c4ccc(OCCCCOCC5(CC)COC5)cc4)c(C(=O)OCc4ccccc4)c3)cc2)COC1. The number of unbranched alkanes of at least 4 members (excludes halogenated alkanes) is 12. The maximum atomic E-state index is 14.3. The van der Waals surface area contributed by atoms with E-state index >= 15 is 0 Å². The van der Waals surface area contributed by atoms with Gasteiger partial charge in [0, 0.05) is 47.0 Å². The molecular weight excluding hydrogens is 1720 g/mol. The van der Waals surface area contributed by atoms with E-state index in [1.54, 1.807) is 54.6 Å². The molecule has 4 aliphatic rings. The number of hydrogen-bond donors (Lipinski definition) is 0. The van der Waals surface area contributed by atoms with E-state index in [-0.39, 0.29) is 70.3 Å². The molecule has 4 aliphatic heterocycles. The van der Waals surface area contributed by atoms with Crippen LogP contribution in [0.1, 0.15) is 243 Å². The summed E-state index contributed by atoms with van der Waals surface area (Å²) in [5.74, 6) is -3.83. The van der Waals surface area contributed by atoms with E-state index < -0.39 is 58.9 Å². The van der Waals surface area contributed by atoms with Crippen LogP contribution in [0, 0.1) is 39.9 Å². The second kappa shape index (κ2) is 52.8. The van der Waals surface area contributed by atoms with E-state index in [9.17, 15) is 41.9 Å². The van der Waals surface area contributed by atoms with Crippen LogP contribution in [-0.2, 0) is 66.9 Å². The molecule has 0 radical (unpaired) electrons. The van der Waals surface area contributed by atoms with Crippen LogP contribution in [0.4, 0.5) is 13.2 Å². The molecule has 0 saturated carbocycles. The highest BCUT2D eigenvalue weighted by molar-refractivity contribution is 5.98. The van der Waals surface area contributed by atoms with Crippen LogP contribution in [0.3, 0.4) is 0 Å². The number of hydrogen-bond acceptors (Lipinski definition) is 23. The number of carbonyl (C=O) groups is 6. The molecule has 0 amide bonds. The van der Waals surface area contributed by atoms with Gasteiger partial charge in [-0.2, -0.15) is 18.4 Å². The van der Waals surface area contributed by atoms with Crippen molar-refractivity contribution in [1.82, 2.24) is 0 Å². The molecule has 4 heterocycles. The zero-order chi connectivity index (χ0) is 94.9. The van der Waals surface area contributed by atoms with Gasteiger partial charge in [-0.3, -0.25) is 0 Å². The normalized spacial score (nSPS) is 14.8. The van der Waals surface area contributed by atoms with Gasteiger partial charge in [0.25, 0.3) is 0 Å². The molecule has 23 nitrogen and oxygen atoms in total. The molecule has 716 valence electrons. The quantitative estimate of drug-likeness (QED) is 0.0148. The smallest absolute Gasteiger partial charge is 0.419 e. The van der Waals surface area contributed by atoms with Gasteiger partial charge in [-0.15, -0.1) is 0 Å². The lowest BCUT2D eigenvalue weighted by atomic mass is 9.78. The Balaban J connectivity index is 0.000000259. The summed E-state index contributed by atoms with van der Waals surface area (Å²) in [6, 6.07) is 47.7. The number of benzene rings is 8. The van der Waals surface area contributed by atoms with Crippen molar-refractivity contribution in [2.45, 2.75) is 189 Å². The van der Waals surface area contributed by atoms with Crippen molar-refractivity contribution in [1.29, 1.82) is 5.26 Å². The zero-order valence-corrected chi connectivity index (χ0v) is 77.7. The van der Waals surface area contributed by atoms with E-state index in [0.717, 1.165) is 214 Å². The maximum absolute atomic E-state index is 14.3. The molecule has 0 aromatic heterocycles. The highest BCUT2D eigenvalue weighted by atomic mass is 19.4. The average molecular weight is 1850 g/mol. The van der Waals surface area contributed by atoms with Crippen molar-refractivity contribution in [3.63, 3.8) is 0 Å². The number of nitrogens with zero attached hydrogens (tertiary/aromatic N) is 1. The van der Waals surface area contributed by atoms with Gasteiger partial charge in [-0.1, -0.05) is 159 Å². The first-order valence-electron chi connectivity index (χ1n) is 46.8. The van der Waals surface area contributed by atoms with E-state index in [2.05, 4.69) is 27.7 Å². The molecule has 4 fully saturated rings. The lowest BCUT2D eigenvalue weighted by Crippen LogP contribution is -2.45. The fourth-order valence-electron chi connectivity index (χ4n) is 15.3. The van der Waals surface area contributed by atoms with E-state index in [1.807, 2.05) is 91.9 Å². The highest BCUT2D eigenvalue weighted by Crippen LogP contribution is 2.41. The molecule has 0 N–H and O–H groups in total. The Kier molecular flexibility index (Phi) is 40.5. The summed E-state index contributed by atoms with van der Waals surface area (Å²) in [7, 11) is 0. The summed E-state index contributed by atoms with van der Waals surface area (Å²) in [5.41, 5.74) is 3.25. The van der Waals surface area contributed by atoms with Gasteiger partial charge in [0.05, 0.1) is 121 Å². The average Bonchev–Trinajstić information content (AvgIpc) is 0.797. The van der Waals surface area contributed by atoms with Crippen LogP contribution >= 0.6 is 0 Å². The summed E-state index contributed by atoms with van der Waals surface area (Å²) in [6.07, 6.45) is 22.5. The van der Waals surface area contributed by atoms with Gasteiger partial charge >= 0.3 is 42.0 Å². The molecule has 0 bridgehead atoms. The third-order valence-corrected chi connectivity index (χ3v) is 24.5. The van der Waals surface area contributed by atoms with Gasteiger partial charge < -0.3 is 75.8 Å². The molecular formula is C108H126F3NO22. The number of aryl methyl sites for hydroxylation is 1. The van der Waals surface area contributed by atoms with Crippen molar-refractivity contribution in [3.8, 4) is 52.1 Å². The Morgan fingerprint density at radius 3 is 1.28 bits per heavy atom. The van der Waals surface area contributed by atoms with Gasteiger partial charge in [0.2, 0.25) is 0 Å². The standard InChI is InChI=1S/C56H66F3NO10.C52H60O12/c1-4-55(38-65-39-55)28-14-10-6-8-11-15-29-66-48-24-21-43(31-40(48)2)51(61)69-45-23-26-49(46(33-45)53(63)68-35-42-19-17-41(34-60)18-20-42)70-52(62)44-22-25-50(47(32-44)56(57,58)59)67-30-16-12-7-5-9-13-27-54(3)36-64-37-54;1-3-51(36-58-37-51)34-56-28-8-10-30-60-43-20-14-40(15-21-43)18-26-48(53)63-45-24-25-47(46(32-45)50(55)62-33-42-12-6-5-7-13-42)64-49(54)27-19-41-16-22-44(23-17-41)61-31-11-9-29-57-35-52(4-2)38-59-39-52/h17-26,31-33H,4-16,27-30,35-39H2,1-3H3;5-7,12-27,32H,3-4,8-11,28-31,33-39H2,1-2H3/b;26-18+,27-19+. The molecule has 134 heavy (non-hydrogen) atoms. The summed E-state index contributed by atoms with van der Waals surface area (Å²) < 4.78 is 133. The van der Waals surface area contributed by atoms with Gasteiger partial charge in [0.1, 0.15) is 70.3 Å². The Morgan fingerprint density at radius 2 is 0.806 bits per heavy atom. The van der Waals surface area contributed by atoms with Crippen molar-refractivity contribution in [3.05, 3.63) is 249 Å². The molecule has 4 saturated heterocycles. The monoisotopic (exact) mass is 1850 g/mol. The lowest BCUT2D eigenvalue weighted by molar-refractivity contribution is -0.150. The molecule has 0 aliphatic carbocycles. The van der Waals surface area contributed by atoms with Crippen LogP contribution in [0.2, 0.25) is 0 Å². The summed E-state index contributed by atoms with van der Waals surface area (Å²) >= 11 is 0. The minimum Gasteiger partial charge on any atom is -0.494 e. The molecule has 8 aromatic rings. The van der Waals surface area contributed by atoms with Gasteiger partial charge in [-0.25, -0.2) is 28.8 Å². The molecule has 26 heteroatoms. The number of ether oxygens (including phenoxy) is 16. The van der Waals surface area contributed by atoms with Crippen LogP contribution in [-0.4, -0.2) is 142 Å². The van der Waals surface area contributed by atoms with Crippen LogP contribution < -0.4 is 37.9 Å². The van der Waals surface area contributed by atoms with Gasteiger partial charge in [-0.05, 0) is 227 Å². The fourth-order valence-corrected chi connectivity index (χ4v) is 15.3. The molecule has 8 aromatic carbocycles. The Bertz CT molecular complexity index is 5150. The largest absolute Gasteiger partial charge is 0.494 e. The first-order chi connectivity index (χ1) is 64.9. The van der Waals surface area contributed by atoms with Gasteiger partial charge in [0.15, 0.2) is 0 Å². The van der Waals surface area contributed by atoms with Crippen LogP contribution in [0.15, 0.2) is 188 Å². The van der Waals surface area contributed by atoms with E-state index in [0.29, 0.717) is 73.2 Å². The predicted molar refractivity (Wildman–Crippen MR) is 500 cm³/mol. The summed E-state index contributed by atoms with van der Waals surface area (Å²) in [5, 5.41) is 9.15.